The second-order valence-electron chi connectivity index (χ2n) is 5.11. The molecule has 0 aliphatic heterocycles. The van der Waals surface area contributed by atoms with Gasteiger partial charge < -0.3 is 10.3 Å². The minimum absolute atomic E-state index is 0.0501. The number of hydrogen-bond acceptors (Lipinski definition) is 2. The Morgan fingerprint density at radius 3 is 2.68 bits per heavy atom. The molecule has 3 nitrogen and oxygen atoms in total. The summed E-state index contributed by atoms with van der Waals surface area (Å²) in [5, 5.41) is 2.92. The number of benzene rings is 2. The van der Waals surface area contributed by atoms with E-state index in [1.807, 2.05) is 25.1 Å². The van der Waals surface area contributed by atoms with Crippen molar-refractivity contribution in [1.82, 2.24) is 9.97 Å². The quantitative estimate of drug-likeness (QED) is 0.748. The fourth-order valence-electron chi connectivity index (χ4n) is 2.34. The molecule has 1 heterocycles. The highest BCUT2D eigenvalue weighted by Gasteiger charge is 2.32. The maximum Gasteiger partial charge on any atom is 0.416 e. The number of aryl methyl sites for hydroxylation is 1. The first-order chi connectivity index (χ1) is 10.4. The predicted octanol–water partition coefficient (Wildman–Crippen LogP) is 4.50. The zero-order valence-corrected chi connectivity index (χ0v) is 11.8. The van der Waals surface area contributed by atoms with E-state index in [1.54, 1.807) is 6.07 Å². The minimum atomic E-state index is -4.36. The summed E-state index contributed by atoms with van der Waals surface area (Å²) in [4.78, 5) is 7.37. The summed E-state index contributed by atoms with van der Waals surface area (Å²) < 4.78 is 38.8. The molecule has 0 bridgehead atoms. The van der Waals surface area contributed by atoms with Crippen molar-refractivity contribution < 1.29 is 13.2 Å². The average Bonchev–Trinajstić information content (AvgIpc) is 2.86. The third-order valence-electron chi connectivity index (χ3n) is 3.41. The Labute approximate surface area is 125 Å². The van der Waals surface area contributed by atoms with Gasteiger partial charge in [-0.15, -0.1) is 0 Å². The number of hydrogen-bond donors (Lipinski definition) is 2. The molecule has 0 radical (unpaired) electrons. The number of aromatic amines is 1. The molecule has 1 aromatic heterocycles. The number of alkyl halides is 3. The van der Waals surface area contributed by atoms with E-state index >= 15 is 0 Å². The lowest BCUT2D eigenvalue weighted by Gasteiger charge is -2.12. The fraction of sp³-hybridized carbons (Fsp3) is 0.188. The number of rotatable bonds is 3. The Bertz CT molecular complexity index is 806. The Balaban J connectivity index is 1.82. The third kappa shape index (κ3) is 2.90. The van der Waals surface area contributed by atoms with Crippen molar-refractivity contribution in [3.63, 3.8) is 0 Å². The van der Waals surface area contributed by atoms with Crippen molar-refractivity contribution >= 4 is 17.0 Å². The standard InChI is InChI=1S/C16H14F3N3/c1-10-6-7-13-14(8-10)22-15(21-13)20-9-11-4-2-3-5-12(11)16(17,18)19/h2-8H,9H2,1H3,(H2,20,21,22). The van der Waals surface area contributed by atoms with Gasteiger partial charge in [0.2, 0.25) is 5.95 Å². The number of fused-ring (bicyclic) bond motifs is 1. The summed E-state index contributed by atoms with van der Waals surface area (Å²) in [6, 6.07) is 11.3. The molecule has 0 aliphatic rings. The molecule has 114 valence electrons. The Kier molecular flexibility index (Phi) is 3.52. The van der Waals surface area contributed by atoms with Gasteiger partial charge in [-0.25, -0.2) is 4.98 Å². The van der Waals surface area contributed by atoms with Crippen LogP contribution in [0.2, 0.25) is 0 Å². The van der Waals surface area contributed by atoms with Crippen molar-refractivity contribution in [2.45, 2.75) is 19.6 Å². The number of halogens is 3. The third-order valence-corrected chi connectivity index (χ3v) is 3.41. The zero-order chi connectivity index (χ0) is 15.7. The van der Waals surface area contributed by atoms with E-state index in [2.05, 4.69) is 15.3 Å². The van der Waals surface area contributed by atoms with Crippen LogP contribution in [0.25, 0.3) is 11.0 Å². The van der Waals surface area contributed by atoms with Crippen LogP contribution in [0.15, 0.2) is 42.5 Å². The first-order valence-corrected chi connectivity index (χ1v) is 6.79. The number of aromatic nitrogens is 2. The summed E-state index contributed by atoms with van der Waals surface area (Å²) >= 11 is 0. The highest BCUT2D eigenvalue weighted by atomic mass is 19.4. The van der Waals surface area contributed by atoms with Crippen LogP contribution in [0.4, 0.5) is 19.1 Å². The summed E-state index contributed by atoms with van der Waals surface area (Å²) in [6.07, 6.45) is -4.36. The van der Waals surface area contributed by atoms with Gasteiger partial charge in [0.25, 0.3) is 0 Å². The molecule has 2 aromatic carbocycles. The van der Waals surface area contributed by atoms with E-state index in [1.165, 1.54) is 12.1 Å². The molecule has 0 saturated heterocycles. The molecule has 22 heavy (non-hydrogen) atoms. The predicted molar refractivity (Wildman–Crippen MR) is 79.6 cm³/mol. The van der Waals surface area contributed by atoms with Crippen molar-refractivity contribution in [3.05, 3.63) is 59.2 Å². The first-order valence-electron chi connectivity index (χ1n) is 6.79. The van der Waals surface area contributed by atoms with Gasteiger partial charge >= 0.3 is 6.18 Å². The molecule has 0 saturated carbocycles. The topological polar surface area (TPSA) is 40.7 Å². The van der Waals surface area contributed by atoms with Gasteiger partial charge in [0.15, 0.2) is 0 Å². The van der Waals surface area contributed by atoms with Crippen LogP contribution in [0, 0.1) is 6.92 Å². The monoisotopic (exact) mass is 305 g/mol. The van der Waals surface area contributed by atoms with Crippen LogP contribution in [-0.4, -0.2) is 9.97 Å². The number of imidazole rings is 1. The smallest absolute Gasteiger partial charge is 0.352 e. The van der Waals surface area contributed by atoms with E-state index in [4.69, 9.17) is 0 Å². The first kappa shape index (κ1) is 14.4. The molecule has 0 unspecified atom stereocenters. The van der Waals surface area contributed by atoms with Crippen LogP contribution >= 0.6 is 0 Å². The van der Waals surface area contributed by atoms with Gasteiger partial charge in [0.05, 0.1) is 16.6 Å². The molecule has 0 spiro atoms. The maximum absolute atomic E-state index is 12.9. The van der Waals surface area contributed by atoms with Crippen LogP contribution in [0.3, 0.4) is 0 Å². The summed E-state index contributed by atoms with van der Waals surface area (Å²) in [6.45, 7) is 2.02. The number of H-pyrrole nitrogens is 1. The molecular formula is C16H14F3N3. The molecule has 0 amide bonds. The van der Waals surface area contributed by atoms with E-state index in [-0.39, 0.29) is 12.1 Å². The van der Waals surface area contributed by atoms with Gasteiger partial charge in [0, 0.05) is 6.54 Å². The molecule has 3 rings (SSSR count). The molecule has 2 N–H and O–H groups in total. The molecule has 3 aromatic rings. The second-order valence-corrected chi connectivity index (χ2v) is 5.11. The van der Waals surface area contributed by atoms with Gasteiger partial charge in [-0.3, -0.25) is 0 Å². The Morgan fingerprint density at radius 1 is 1.14 bits per heavy atom. The van der Waals surface area contributed by atoms with Gasteiger partial charge in [-0.1, -0.05) is 24.3 Å². The SMILES string of the molecule is Cc1ccc2nc(NCc3ccccc3C(F)(F)F)[nH]c2c1. The van der Waals surface area contributed by atoms with E-state index in [0.29, 0.717) is 5.95 Å². The molecule has 0 fully saturated rings. The van der Waals surface area contributed by atoms with Crippen molar-refractivity contribution in [3.8, 4) is 0 Å². The lowest BCUT2D eigenvalue weighted by atomic mass is 10.1. The molecule has 0 aliphatic carbocycles. The molecule has 0 atom stereocenters. The zero-order valence-electron chi connectivity index (χ0n) is 11.8. The largest absolute Gasteiger partial charge is 0.416 e. The highest BCUT2D eigenvalue weighted by Crippen LogP contribution is 2.32. The van der Waals surface area contributed by atoms with Crippen molar-refractivity contribution in [2.24, 2.45) is 0 Å². The summed E-state index contributed by atoms with van der Waals surface area (Å²) in [5.41, 5.74) is 2.27. The van der Waals surface area contributed by atoms with Crippen molar-refractivity contribution in [2.75, 3.05) is 5.32 Å². The van der Waals surface area contributed by atoms with E-state index in [0.717, 1.165) is 22.7 Å². The van der Waals surface area contributed by atoms with E-state index in [9.17, 15) is 13.2 Å². The van der Waals surface area contributed by atoms with Crippen LogP contribution in [-0.2, 0) is 12.7 Å². The van der Waals surface area contributed by atoms with E-state index < -0.39 is 11.7 Å². The average molecular weight is 305 g/mol. The fourth-order valence-corrected chi connectivity index (χ4v) is 2.34. The van der Waals surface area contributed by atoms with Gasteiger partial charge in [-0.05, 0) is 36.2 Å². The number of nitrogens with one attached hydrogen (secondary N) is 2. The van der Waals surface area contributed by atoms with Gasteiger partial charge in [-0.2, -0.15) is 13.2 Å². The summed E-state index contributed by atoms with van der Waals surface area (Å²) in [7, 11) is 0. The van der Waals surface area contributed by atoms with Crippen molar-refractivity contribution in [1.29, 1.82) is 0 Å². The maximum atomic E-state index is 12.9. The molecular weight excluding hydrogens is 291 g/mol. The van der Waals surface area contributed by atoms with Crippen LogP contribution < -0.4 is 5.32 Å². The second kappa shape index (κ2) is 5.36. The highest BCUT2D eigenvalue weighted by molar-refractivity contribution is 5.78. The van der Waals surface area contributed by atoms with Gasteiger partial charge in [0.1, 0.15) is 0 Å². The normalized spacial score (nSPS) is 11.8. The number of nitrogens with zero attached hydrogens (tertiary/aromatic N) is 1. The molecule has 6 heteroatoms. The summed E-state index contributed by atoms with van der Waals surface area (Å²) in [5.74, 6) is 0.456. The lowest BCUT2D eigenvalue weighted by Crippen LogP contribution is -2.12. The Morgan fingerprint density at radius 2 is 1.91 bits per heavy atom. The van der Waals surface area contributed by atoms with Crippen LogP contribution in [0.5, 0.6) is 0 Å². The van der Waals surface area contributed by atoms with Crippen LogP contribution in [0.1, 0.15) is 16.7 Å². The minimum Gasteiger partial charge on any atom is -0.352 e. The Hall–Kier alpha value is -2.50. The lowest BCUT2D eigenvalue weighted by molar-refractivity contribution is -0.138. The number of anilines is 1.